The summed E-state index contributed by atoms with van der Waals surface area (Å²) in [5, 5.41) is 3.15. The Bertz CT molecular complexity index is 2120. The third-order valence-electron chi connectivity index (χ3n) is 11.1. The van der Waals surface area contributed by atoms with Crippen molar-refractivity contribution in [1.29, 1.82) is 0 Å². The van der Waals surface area contributed by atoms with Crippen LogP contribution >= 0.6 is 0 Å². The predicted molar refractivity (Wildman–Crippen MR) is 220 cm³/mol. The summed E-state index contributed by atoms with van der Waals surface area (Å²) in [6, 6.07) is 0. The lowest BCUT2D eigenvalue weighted by Crippen LogP contribution is -2.22. The topological polar surface area (TPSA) is 64.7 Å². The fourth-order valence-electron chi connectivity index (χ4n) is 8.58. The molecule has 0 aromatic rings. The highest BCUT2D eigenvalue weighted by molar-refractivity contribution is 6.21. The van der Waals surface area contributed by atoms with Crippen molar-refractivity contribution in [2.45, 2.75) is 107 Å². The van der Waals surface area contributed by atoms with Crippen LogP contribution in [0, 0.1) is 0 Å². The van der Waals surface area contributed by atoms with Crippen LogP contribution in [0.5, 0.6) is 0 Å². The second kappa shape index (κ2) is 14.9. The maximum atomic E-state index is 5.58. The Morgan fingerprint density at radius 2 is 0.846 bits per heavy atom. The molecule has 7 aliphatic heterocycles. The molecule has 0 atom stereocenters. The third-order valence-corrected chi connectivity index (χ3v) is 11.1. The van der Waals surface area contributed by atoms with Gasteiger partial charge in [-0.05, 0) is 150 Å². The van der Waals surface area contributed by atoms with Gasteiger partial charge in [0.1, 0.15) is 0 Å². The SMILES string of the molecule is CCC1=C(CC)C2=NC1=CC1=NC(=C(N3C=CC(=C4C=CNC=C4)C=C3)C3=NC(=CC4=NC(=C2)C(CC)=C4CC)C(CC)=C3CC)C(CC)=C1CC. The molecular formula is C46H52N6. The number of hydrogen-bond acceptors (Lipinski definition) is 6. The third kappa shape index (κ3) is 5.92. The first kappa shape index (κ1) is 35.3. The smallest absolute Gasteiger partial charge is 0.0975 e. The van der Waals surface area contributed by atoms with Gasteiger partial charge in [0.2, 0.25) is 0 Å². The number of dihydropyridines is 1. The van der Waals surface area contributed by atoms with Crippen molar-refractivity contribution >= 4 is 22.8 Å². The Kier molecular flexibility index (Phi) is 10.1. The van der Waals surface area contributed by atoms with Gasteiger partial charge in [0.25, 0.3) is 0 Å². The first-order chi connectivity index (χ1) is 25.4. The van der Waals surface area contributed by atoms with Gasteiger partial charge in [0, 0.05) is 24.8 Å². The highest BCUT2D eigenvalue weighted by Crippen LogP contribution is 2.43. The Morgan fingerprint density at radius 1 is 0.442 bits per heavy atom. The van der Waals surface area contributed by atoms with Gasteiger partial charge < -0.3 is 10.2 Å². The van der Waals surface area contributed by atoms with Gasteiger partial charge in [0.05, 0.1) is 51.3 Å². The fourth-order valence-corrected chi connectivity index (χ4v) is 8.58. The van der Waals surface area contributed by atoms with Crippen molar-refractivity contribution in [1.82, 2.24) is 10.2 Å². The van der Waals surface area contributed by atoms with Crippen molar-refractivity contribution in [3.8, 4) is 0 Å². The molecule has 7 heterocycles. The van der Waals surface area contributed by atoms with Crippen LogP contribution in [0.3, 0.4) is 0 Å². The van der Waals surface area contributed by atoms with E-state index in [1.54, 1.807) is 0 Å². The molecule has 0 fully saturated rings. The van der Waals surface area contributed by atoms with E-state index < -0.39 is 0 Å². The van der Waals surface area contributed by atoms with Gasteiger partial charge in [-0.1, -0.05) is 55.4 Å². The Hall–Kier alpha value is -5.10. The van der Waals surface area contributed by atoms with Crippen LogP contribution in [0.15, 0.2) is 172 Å². The van der Waals surface area contributed by atoms with E-state index in [4.69, 9.17) is 20.0 Å². The minimum absolute atomic E-state index is 0.873. The molecule has 0 aromatic carbocycles. The quantitative estimate of drug-likeness (QED) is 0.262. The van der Waals surface area contributed by atoms with E-state index in [0.717, 1.165) is 108 Å². The normalized spacial score (nSPS) is 21.1. The Labute approximate surface area is 310 Å². The summed E-state index contributed by atoms with van der Waals surface area (Å²) in [5.41, 5.74) is 21.9. The van der Waals surface area contributed by atoms with E-state index in [2.05, 4.69) is 121 Å². The number of hydrogen-bond donors (Lipinski definition) is 1. The summed E-state index contributed by atoms with van der Waals surface area (Å²) in [5.74, 6) is 0. The van der Waals surface area contributed by atoms with Crippen molar-refractivity contribution < 1.29 is 0 Å². The minimum atomic E-state index is 0.873. The van der Waals surface area contributed by atoms with Crippen LogP contribution in [0.2, 0.25) is 0 Å². The maximum Gasteiger partial charge on any atom is 0.0975 e. The molecule has 0 amide bonds. The van der Waals surface area contributed by atoms with Gasteiger partial charge in [-0.25, -0.2) is 20.0 Å². The van der Waals surface area contributed by atoms with Crippen LogP contribution in [0.1, 0.15) is 107 Å². The van der Waals surface area contributed by atoms with Crippen LogP contribution < -0.4 is 5.32 Å². The lowest BCUT2D eigenvalue weighted by molar-refractivity contribution is 0.645. The van der Waals surface area contributed by atoms with E-state index >= 15 is 0 Å². The molecule has 6 heteroatoms. The summed E-state index contributed by atoms with van der Waals surface area (Å²) in [6.45, 7) is 18.0. The summed E-state index contributed by atoms with van der Waals surface area (Å²) >= 11 is 0. The van der Waals surface area contributed by atoms with Crippen molar-refractivity contribution in [2.75, 3.05) is 0 Å². The molecular weight excluding hydrogens is 637 g/mol. The van der Waals surface area contributed by atoms with Crippen molar-refractivity contribution in [3.05, 3.63) is 152 Å². The van der Waals surface area contributed by atoms with Gasteiger partial charge in [-0.3, -0.25) is 0 Å². The molecule has 6 nitrogen and oxygen atoms in total. The fraction of sp³-hybridized carbons (Fsp3) is 0.348. The second-order valence-corrected chi connectivity index (χ2v) is 13.7. The summed E-state index contributed by atoms with van der Waals surface area (Å²) in [4.78, 5) is 24.2. The lowest BCUT2D eigenvalue weighted by Gasteiger charge is -2.26. The standard InChI is InChI=1S/C46H52N6/c1-9-30-32(11-3)40-26-42-34(13-5)36(15-7)44(50-42)46(52-23-19-29(20-24-52)28-17-21-47-22-18-28)45-37(16-8)35(14-6)43(51-45)27-41-33(12-4)31(10-2)39(49-41)25-38(30)48-40/h17-27,47H,9-16H2,1-8H3. The van der Waals surface area contributed by atoms with Crippen LogP contribution in [-0.2, 0) is 0 Å². The minimum Gasteiger partial charge on any atom is -0.368 e. The Morgan fingerprint density at radius 3 is 1.33 bits per heavy atom. The number of nitrogens with one attached hydrogen (secondary N) is 1. The average molecular weight is 689 g/mol. The molecule has 8 bridgehead atoms. The molecule has 1 N–H and O–H groups in total. The molecule has 0 unspecified atom stereocenters. The van der Waals surface area contributed by atoms with Gasteiger partial charge in [-0.2, -0.15) is 0 Å². The van der Waals surface area contributed by atoms with Gasteiger partial charge in [0.15, 0.2) is 0 Å². The molecule has 0 aromatic heterocycles. The molecule has 52 heavy (non-hydrogen) atoms. The molecule has 7 rings (SSSR count). The summed E-state index contributed by atoms with van der Waals surface area (Å²) in [6.07, 6.45) is 30.9. The number of aliphatic imine (C=N–C) groups is 4. The molecule has 266 valence electrons. The largest absolute Gasteiger partial charge is 0.368 e. The van der Waals surface area contributed by atoms with E-state index in [-0.39, 0.29) is 0 Å². The zero-order chi connectivity index (χ0) is 36.5. The first-order valence-corrected chi connectivity index (χ1v) is 19.6. The number of rotatable bonds is 9. The molecule has 0 spiro atoms. The van der Waals surface area contributed by atoms with E-state index in [1.807, 2.05) is 12.4 Å². The van der Waals surface area contributed by atoms with Crippen LogP contribution in [-0.4, -0.2) is 27.7 Å². The Balaban J connectivity index is 1.55. The maximum absolute atomic E-state index is 5.58. The van der Waals surface area contributed by atoms with Gasteiger partial charge in [-0.15, -0.1) is 0 Å². The zero-order valence-corrected chi connectivity index (χ0v) is 32.2. The van der Waals surface area contributed by atoms with Crippen LogP contribution in [0.25, 0.3) is 0 Å². The highest BCUT2D eigenvalue weighted by atomic mass is 15.1. The van der Waals surface area contributed by atoms with E-state index in [1.165, 1.54) is 50.2 Å². The second-order valence-electron chi connectivity index (χ2n) is 13.7. The number of allylic oxidation sites excluding steroid dienone is 17. The monoisotopic (exact) mass is 688 g/mol. The molecule has 0 saturated heterocycles. The summed E-state index contributed by atoms with van der Waals surface area (Å²) in [7, 11) is 0. The van der Waals surface area contributed by atoms with Crippen molar-refractivity contribution in [2.24, 2.45) is 20.0 Å². The number of nitrogens with zero attached hydrogens (tertiary/aromatic N) is 5. The summed E-state index contributed by atoms with van der Waals surface area (Å²) < 4.78 is 0. The zero-order valence-electron chi connectivity index (χ0n) is 32.2. The highest BCUT2D eigenvalue weighted by Gasteiger charge is 2.34. The van der Waals surface area contributed by atoms with E-state index in [0.29, 0.717) is 0 Å². The molecule has 0 radical (unpaired) electrons. The predicted octanol–water partition coefficient (Wildman–Crippen LogP) is 11.4. The van der Waals surface area contributed by atoms with E-state index in [9.17, 15) is 0 Å². The van der Waals surface area contributed by atoms with Crippen molar-refractivity contribution in [3.63, 3.8) is 0 Å². The van der Waals surface area contributed by atoms with Gasteiger partial charge >= 0.3 is 0 Å². The lowest BCUT2D eigenvalue weighted by atomic mass is 9.92. The average Bonchev–Trinajstić information content (AvgIpc) is 3.91. The number of fused-ring (bicyclic) bond motifs is 4. The first-order valence-electron chi connectivity index (χ1n) is 19.6. The van der Waals surface area contributed by atoms with Crippen LogP contribution in [0.4, 0.5) is 0 Å². The molecule has 0 saturated carbocycles. The molecule has 7 aliphatic rings. The molecule has 0 aliphatic carbocycles.